The van der Waals surface area contributed by atoms with Gasteiger partial charge < -0.3 is 14.8 Å². The minimum atomic E-state index is -0.101. The maximum Gasteiger partial charge on any atom is 0.225 e. The first-order valence-corrected chi connectivity index (χ1v) is 9.29. The van der Waals surface area contributed by atoms with Crippen LogP contribution in [0.15, 0.2) is 36.7 Å². The maximum absolute atomic E-state index is 12.7. The van der Waals surface area contributed by atoms with Gasteiger partial charge in [-0.05, 0) is 37.8 Å². The van der Waals surface area contributed by atoms with Crippen LogP contribution in [0.5, 0.6) is 0 Å². The van der Waals surface area contributed by atoms with E-state index in [1.54, 1.807) is 6.20 Å². The quantitative estimate of drug-likeness (QED) is 0.897. The van der Waals surface area contributed by atoms with Crippen LogP contribution in [0.1, 0.15) is 37.1 Å². The average molecular weight is 352 g/mol. The number of hydrogen-bond donors (Lipinski definition) is 1. The van der Waals surface area contributed by atoms with Crippen LogP contribution < -0.4 is 5.32 Å². The number of piperidine rings is 1. The third-order valence-electron chi connectivity index (χ3n) is 5.33. The highest BCUT2D eigenvalue weighted by Crippen LogP contribution is 2.31. The summed E-state index contributed by atoms with van der Waals surface area (Å²) in [5.41, 5.74) is 2.08. The van der Waals surface area contributed by atoms with Gasteiger partial charge in [-0.15, -0.1) is 0 Å². The summed E-state index contributed by atoms with van der Waals surface area (Å²) in [7, 11) is 0. The molecule has 1 saturated carbocycles. The van der Waals surface area contributed by atoms with E-state index < -0.39 is 0 Å². The highest BCUT2D eigenvalue weighted by molar-refractivity contribution is 5.84. The highest BCUT2D eigenvalue weighted by Gasteiger charge is 2.38. The number of aromatic nitrogens is 2. The van der Waals surface area contributed by atoms with E-state index in [1.165, 1.54) is 0 Å². The molecule has 4 rings (SSSR count). The van der Waals surface area contributed by atoms with Crippen molar-refractivity contribution in [1.82, 2.24) is 19.8 Å². The lowest BCUT2D eigenvalue weighted by molar-refractivity contribution is -0.138. The van der Waals surface area contributed by atoms with E-state index in [0.29, 0.717) is 32.0 Å². The molecule has 1 aromatic heterocycles. The fraction of sp³-hybridized carbons (Fsp3) is 0.450. The molecule has 1 saturated heterocycles. The third-order valence-corrected chi connectivity index (χ3v) is 5.33. The van der Waals surface area contributed by atoms with Gasteiger partial charge in [0.25, 0.3) is 0 Å². The molecule has 0 bridgehead atoms. The van der Waals surface area contributed by atoms with Crippen LogP contribution in [0.25, 0.3) is 5.69 Å². The monoisotopic (exact) mass is 352 g/mol. The van der Waals surface area contributed by atoms with Gasteiger partial charge in [-0.3, -0.25) is 9.59 Å². The first-order valence-electron chi connectivity index (χ1n) is 9.29. The molecule has 2 heterocycles. The predicted octanol–water partition coefficient (Wildman–Crippen LogP) is 2.20. The zero-order chi connectivity index (χ0) is 18.1. The number of rotatable bonds is 5. The van der Waals surface area contributed by atoms with Crippen LogP contribution in [-0.2, 0) is 16.1 Å². The van der Waals surface area contributed by atoms with Gasteiger partial charge in [0.05, 0.1) is 11.6 Å². The minimum Gasteiger partial charge on any atom is -0.352 e. The second-order valence-electron chi connectivity index (χ2n) is 7.20. The van der Waals surface area contributed by atoms with E-state index in [9.17, 15) is 9.59 Å². The Bertz CT molecular complexity index is 825. The Hall–Kier alpha value is -2.63. The van der Waals surface area contributed by atoms with E-state index >= 15 is 0 Å². The number of carbonyl (C=O) groups is 2. The molecule has 136 valence electrons. The van der Waals surface area contributed by atoms with Gasteiger partial charge in [-0.2, -0.15) is 0 Å². The van der Waals surface area contributed by atoms with Gasteiger partial charge in [0.15, 0.2) is 0 Å². The van der Waals surface area contributed by atoms with Crippen molar-refractivity contribution in [3.63, 3.8) is 0 Å². The molecule has 6 nitrogen and oxygen atoms in total. The second kappa shape index (κ2) is 6.94. The number of aryl methyl sites for hydroxylation is 1. The van der Waals surface area contributed by atoms with E-state index in [4.69, 9.17) is 0 Å². The van der Waals surface area contributed by atoms with Gasteiger partial charge in [0, 0.05) is 37.9 Å². The number of hydrogen-bond acceptors (Lipinski definition) is 3. The molecule has 2 aliphatic rings. The molecule has 1 aliphatic carbocycles. The summed E-state index contributed by atoms with van der Waals surface area (Å²) in [4.78, 5) is 30.9. The third kappa shape index (κ3) is 3.36. The number of carbonyl (C=O) groups excluding carboxylic acids is 2. The van der Waals surface area contributed by atoms with Crippen molar-refractivity contribution in [1.29, 1.82) is 0 Å². The van der Waals surface area contributed by atoms with Gasteiger partial charge >= 0.3 is 0 Å². The fourth-order valence-corrected chi connectivity index (χ4v) is 3.68. The Labute approximate surface area is 153 Å². The normalized spacial score (nSPS) is 20.3. The SMILES string of the molecule is Cc1nccn1-c1ccccc1CNC(=O)[C@@H]1CCC(=O)N(C2CC2)C1. The highest BCUT2D eigenvalue weighted by atomic mass is 16.2. The standard InChI is InChI=1S/C20H24N4O2/c1-14-21-10-11-23(14)18-5-3-2-4-15(18)12-22-20(26)16-6-9-19(25)24(13-16)17-7-8-17/h2-5,10-11,16-17H,6-9,12-13H2,1H3,(H,22,26)/t16-/m1/s1. The number of nitrogens with one attached hydrogen (secondary N) is 1. The summed E-state index contributed by atoms with van der Waals surface area (Å²) in [5, 5.41) is 3.07. The van der Waals surface area contributed by atoms with Crippen LogP contribution >= 0.6 is 0 Å². The maximum atomic E-state index is 12.7. The second-order valence-corrected chi connectivity index (χ2v) is 7.20. The lowest BCUT2D eigenvalue weighted by Gasteiger charge is -2.32. The summed E-state index contributed by atoms with van der Waals surface area (Å²) in [6.45, 7) is 3.00. The Morgan fingerprint density at radius 2 is 2.08 bits per heavy atom. The summed E-state index contributed by atoms with van der Waals surface area (Å²) in [6.07, 6.45) is 7.00. The van der Waals surface area contributed by atoms with Crippen LogP contribution in [-0.4, -0.2) is 38.9 Å². The first-order chi connectivity index (χ1) is 12.6. The molecule has 2 aromatic rings. The summed E-state index contributed by atoms with van der Waals surface area (Å²) < 4.78 is 2.02. The van der Waals surface area contributed by atoms with E-state index in [-0.39, 0.29) is 17.7 Å². The Morgan fingerprint density at radius 3 is 2.81 bits per heavy atom. The molecule has 2 fully saturated rings. The van der Waals surface area contributed by atoms with Crippen LogP contribution in [0, 0.1) is 12.8 Å². The number of para-hydroxylation sites is 1. The molecular weight excluding hydrogens is 328 g/mol. The van der Waals surface area contributed by atoms with Crippen molar-refractivity contribution < 1.29 is 9.59 Å². The van der Waals surface area contributed by atoms with Crippen LogP contribution in [0.2, 0.25) is 0 Å². The van der Waals surface area contributed by atoms with Crippen LogP contribution in [0.4, 0.5) is 0 Å². The van der Waals surface area contributed by atoms with Gasteiger partial charge in [0.2, 0.25) is 11.8 Å². The number of nitrogens with zero attached hydrogens (tertiary/aromatic N) is 3. The predicted molar refractivity (Wildman–Crippen MR) is 97.6 cm³/mol. The Morgan fingerprint density at radius 1 is 1.27 bits per heavy atom. The van der Waals surface area contributed by atoms with E-state index in [2.05, 4.69) is 10.3 Å². The molecule has 1 aliphatic heterocycles. The average Bonchev–Trinajstić information content (AvgIpc) is 3.41. The molecule has 0 spiro atoms. The largest absolute Gasteiger partial charge is 0.352 e. The number of amides is 2. The van der Waals surface area contributed by atoms with E-state index in [1.807, 2.05) is 46.9 Å². The molecule has 2 amide bonds. The topological polar surface area (TPSA) is 67.2 Å². The number of likely N-dealkylation sites (tertiary alicyclic amines) is 1. The van der Waals surface area contributed by atoms with Crippen molar-refractivity contribution >= 4 is 11.8 Å². The molecule has 26 heavy (non-hydrogen) atoms. The van der Waals surface area contributed by atoms with Crippen molar-refractivity contribution in [3.8, 4) is 5.69 Å². The molecule has 1 atom stereocenters. The zero-order valence-corrected chi connectivity index (χ0v) is 15.0. The molecule has 1 aromatic carbocycles. The van der Waals surface area contributed by atoms with E-state index in [0.717, 1.165) is 29.9 Å². The number of imidazole rings is 1. The zero-order valence-electron chi connectivity index (χ0n) is 15.0. The fourth-order valence-electron chi connectivity index (χ4n) is 3.68. The summed E-state index contributed by atoms with van der Waals surface area (Å²) in [6, 6.07) is 8.40. The molecule has 0 unspecified atom stereocenters. The van der Waals surface area contributed by atoms with Gasteiger partial charge in [0.1, 0.15) is 5.82 Å². The minimum absolute atomic E-state index is 0.0420. The smallest absolute Gasteiger partial charge is 0.225 e. The first kappa shape index (κ1) is 16.8. The Balaban J connectivity index is 1.42. The lowest BCUT2D eigenvalue weighted by Crippen LogP contribution is -2.46. The number of benzene rings is 1. The van der Waals surface area contributed by atoms with Crippen molar-refractivity contribution in [2.75, 3.05) is 6.54 Å². The summed E-state index contributed by atoms with van der Waals surface area (Å²) >= 11 is 0. The Kier molecular flexibility index (Phi) is 4.49. The van der Waals surface area contributed by atoms with Crippen molar-refractivity contribution in [3.05, 3.63) is 48.0 Å². The molecule has 0 radical (unpaired) electrons. The lowest BCUT2D eigenvalue weighted by atomic mass is 9.96. The molecular formula is C20H24N4O2. The molecule has 1 N–H and O–H groups in total. The molecule has 6 heteroatoms. The van der Waals surface area contributed by atoms with Gasteiger partial charge in [-0.1, -0.05) is 18.2 Å². The summed E-state index contributed by atoms with van der Waals surface area (Å²) in [5.74, 6) is 1.06. The van der Waals surface area contributed by atoms with Gasteiger partial charge in [-0.25, -0.2) is 4.98 Å². The van der Waals surface area contributed by atoms with Crippen molar-refractivity contribution in [2.45, 2.75) is 45.2 Å². The van der Waals surface area contributed by atoms with Crippen molar-refractivity contribution in [2.24, 2.45) is 5.92 Å². The van der Waals surface area contributed by atoms with Crippen LogP contribution in [0.3, 0.4) is 0 Å².